The summed E-state index contributed by atoms with van der Waals surface area (Å²) >= 11 is 0. The standard InChI is InChI=1S/C19H26N2O4/c1-12(2)10-16(19(24)25)21-17(22)11-20-18(23)15-9-5-7-13-6-3-4-8-14(13)15/h3-4,6,8,12,15-16H,5,7,9-11H2,1-2H3,(H,20,23)(H,21,22)(H,24,25)/t15?,16-/m0/s1. The molecule has 0 aliphatic heterocycles. The van der Waals surface area contributed by atoms with Crippen molar-refractivity contribution in [3.05, 3.63) is 35.4 Å². The Bertz CT molecular complexity index is 642. The summed E-state index contributed by atoms with van der Waals surface area (Å²) in [5.74, 6) is -1.82. The molecular formula is C19H26N2O4. The molecule has 0 fully saturated rings. The predicted octanol–water partition coefficient (Wildman–Crippen LogP) is 1.84. The smallest absolute Gasteiger partial charge is 0.326 e. The number of benzene rings is 1. The maximum absolute atomic E-state index is 12.5. The Kier molecular flexibility index (Phi) is 6.56. The zero-order valence-corrected chi connectivity index (χ0v) is 14.7. The van der Waals surface area contributed by atoms with E-state index >= 15 is 0 Å². The molecule has 0 saturated carbocycles. The molecule has 0 bridgehead atoms. The Morgan fingerprint density at radius 1 is 1.24 bits per heavy atom. The topological polar surface area (TPSA) is 95.5 Å². The average Bonchev–Trinajstić information content (AvgIpc) is 2.58. The molecule has 25 heavy (non-hydrogen) atoms. The van der Waals surface area contributed by atoms with Crippen molar-refractivity contribution < 1.29 is 19.5 Å². The second-order valence-corrected chi connectivity index (χ2v) is 6.95. The highest BCUT2D eigenvalue weighted by atomic mass is 16.4. The fraction of sp³-hybridized carbons (Fsp3) is 0.526. The molecule has 1 aromatic carbocycles. The molecule has 1 aromatic rings. The van der Waals surface area contributed by atoms with Crippen molar-refractivity contribution in [2.24, 2.45) is 5.92 Å². The van der Waals surface area contributed by atoms with E-state index in [2.05, 4.69) is 10.6 Å². The second-order valence-electron chi connectivity index (χ2n) is 6.95. The maximum atomic E-state index is 12.5. The van der Waals surface area contributed by atoms with Gasteiger partial charge in [0, 0.05) is 0 Å². The molecule has 3 N–H and O–H groups in total. The van der Waals surface area contributed by atoms with Crippen LogP contribution >= 0.6 is 0 Å². The van der Waals surface area contributed by atoms with Crippen LogP contribution in [-0.4, -0.2) is 35.5 Å². The van der Waals surface area contributed by atoms with Crippen LogP contribution < -0.4 is 10.6 Å². The van der Waals surface area contributed by atoms with Gasteiger partial charge in [-0.05, 0) is 42.7 Å². The van der Waals surface area contributed by atoms with Crippen LogP contribution in [0.15, 0.2) is 24.3 Å². The third-order valence-corrected chi connectivity index (χ3v) is 4.45. The summed E-state index contributed by atoms with van der Waals surface area (Å²) in [6, 6.07) is 6.94. The molecule has 136 valence electrons. The van der Waals surface area contributed by atoms with Gasteiger partial charge in [0.25, 0.3) is 0 Å². The van der Waals surface area contributed by atoms with Crippen molar-refractivity contribution >= 4 is 17.8 Å². The number of aryl methyl sites for hydroxylation is 1. The van der Waals surface area contributed by atoms with Gasteiger partial charge >= 0.3 is 5.97 Å². The van der Waals surface area contributed by atoms with E-state index in [1.807, 2.05) is 38.1 Å². The molecule has 2 amide bonds. The second kappa shape index (κ2) is 8.65. The summed E-state index contributed by atoms with van der Waals surface area (Å²) in [6.07, 6.45) is 3.02. The lowest BCUT2D eigenvalue weighted by Crippen LogP contribution is -2.46. The molecule has 0 heterocycles. The molecule has 0 radical (unpaired) electrons. The van der Waals surface area contributed by atoms with Crippen LogP contribution in [-0.2, 0) is 20.8 Å². The number of carboxylic acid groups (broad SMARTS) is 1. The number of carbonyl (C=O) groups excluding carboxylic acids is 2. The molecule has 0 saturated heterocycles. The Morgan fingerprint density at radius 3 is 2.64 bits per heavy atom. The lowest BCUT2D eigenvalue weighted by Gasteiger charge is -2.24. The highest BCUT2D eigenvalue weighted by molar-refractivity contribution is 5.90. The number of hydrogen-bond acceptors (Lipinski definition) is 3. The number of amides is 2. The zero-order chi connectivity index (χ0) is 18.4. The lowest BCUT2D eigenvalue weighted by molar-refractivity contribution is -0.142. The van der Waals surface area contributed by atoms with Crippen LogP contribution in [0, 0.1) is 5.92 Å². The van der Waals surface area contributed by atoms with Crippen LogP contribution in [0.3, 0.4) is 0 Å². The van der Waals surface area contributed by atoms with Gasteiger partial charge in [-0.3, -0.25) is 9.59 Å². The highest BCUT2D eigenvalue weighted by Crippen LogP contribution is 2.31. The van der Waals surface area contributed by atoms with Crippen LogP contribution in [0.5, 0.6) is 0 Å². The molecule has 0 spiro atoms. The quantitative estimate of drug-likeness (QED) is 0.702. The van der Waals surface area contributed by atoms with E-state index < -0.39 is 17.9 Å². The SMILES string of the molecule is CC(C)C[C@H](NC(=O)CNC(=O)C1CCCc2ccccc21)C(=O)O. The Balaban J connectivity index is 1.90. The largest absolute Gasteiger partial charge is 0.480 e. The fourth-order valence-corrected chi connectivity index (χ4v) is 3.26. The monoisotopic (exact) mass is 346 g/mol. The van der Waals surface area contributed by atoms with Crippen molar-refractivity contribution in [1.82, 2.24) is 10.6 Å². The summed E-state index contributed by atoms with van der Waals surface area (Å²) in [4.78, 5) is 35.6. The first kappa shape index (κ1) is 19.0. The van der Waals surface area contributed by atoms with Gasteiger partial charge < -0.3 is 15.7 Å². The summed E-state index contributed by atoms with van der Waals surface area (Å²) in [5.41, 5.74) is 2.20. The first-order valence-electron chi connectivity index (χ1n) is 8.76. The Morgan fingerprint density at radius 2 is 1.96 bits per heavy atom. The van der Waals surface area contributed by atoms with E-state index in [-0.39, 0.29) is 24.3 Å². The molecule has 1 unspecified atom stereocenters. The van der Waals surface area contributed by atoms with E-state index in [4.69, 9.17) is 5.11 Å². The highest BCUT2D eigenvalue weighted by Gasteiger charge is 2.27. The van der Waals surface area contributed by atoms with Gasteiger partial charge in [0.1, 0.15) is 6.04 Å². The van der Waals surface area contributed by atoms with E-state index in [1.165, 1.54) is 5.56 Å². The minimum absolute atomic E-state index is 0.148. The maximum Gasteiger partial charge on any atom is 0.326 e. The van der Waals surface area contributed by atoms with E-state index in [0.29, 0.717) is 6.42 Å². The number of carbonyl (C=O) groups is 3. The normalized spacial score (nSPS) is 17.5. The number of aliphatic carboxylic acids is 1. The van der Waals surface area contributed by atoms with Gasteiger partial charge in [0.15, 0.2) is 0 Å². The predicted molar refractivity (Wildman–Crippen MR) is 94.2 cm³/mol. The third kappa shape index (κ3) is 5.31. The first-order chi connectivity index (χ1) is 11.9. The molecule has 6 heteroatoms. The Hall–Kier alpha value is -2.37. The number of rotatable bonds is 7. The van der Waals surface area contributed by atoms with E-state index in [9.17, 15) is 14.4 Å². The van der Waals surface area contributed by atoms with Crippen molar-refractivity contribution in [1.29, 1.82) is 0 Å². The first-order valence-corrected chi connectivity index (χ1v) is 8.76. The van der Waals surface area contributed by atoms with Crippen molar-refractivity contribution in [3.63, 3.8) is 0 Å². The van der Waals surface area contributed by atoms with Gasteiger partial charge in [-0.2, -0.15) is 0 Å². The number of carboxylic acids is 1. The minimum Gasteiger partial charge on any atom is -0.480 e. The van der Waals surface area contributed by atoms with Gasteiger partial charge in [0.05, 0.1) is 12.5 Å². The molecule has 2 atom stereocenters. The van der Waals surface area contributed by atoms with Gasteiger partial charge in [-0.1, -0.05) is 38.1 Å². The van der Waals surface area contributed by atoms with Crippen molar-refractivity contribution in [3.8, 4) is 0 Å². The van der Waals surface area contributed by atoms with Crippen LogP contribution in [0.1, 0.15) is 50.2 Å². The summed E-state index contributed by atoms with van der Waals surface area (Å²) < 4.78 is 0. The van der Waals surface area contributed by atoms with Crippen LogP contribution in [0.4, 0.5) is 0 Å². The summed E-state index contributed by atoms with van der Waals surface area (Å²) in [6.45, 7) is 3.58. The molecule has 6 nitrogen and oxygen atoms in total. The molecule has 0 aromatic heterocycles. The van der Waals surface area contributed by atoms with Gasteiger partial charge in [-0.15, -0.1) is 0 Å². The summed E-state index contributed by atoms with van der Waals surface area (Å²) in [7, 11) is 0. The lowest BCUT2D eigenvalue weighted by atomic mass is 9.82. The van der Waals surface area contributed by atoms with Crippen molar-refractivity contribution in [2.75, 3.05) is 6.54 Å². The number of hydrogen-bond donors (Lipinski definition) is 3. The molecular weight excluding hydrogens is 320 g/mol. The Labute approximate surface area is 148 Å². The molecule has 2 rings (SSSR count). The third-order valence-electron chi connectivity index (χ3n) is 4.45. The van der Waals surface area contributed by atoms with Crippen LogP contribution in [0.2, 0.25) is 0 Å². The van der Waals surface area contributed by atoms with Gasteiger partial charge in [0.2, 0.25) is 11.8 Å². The molecule has 1 aliphatic rings. The van der Waals surface area contributed by atoms with E-state index in [1.54, 1.807) is 0 Å². The van der Waals surface area contributed by atoms with Gasteiger partial charge in [-0.25, -0.2) is 4.79 Å². The molecule has 1 aliphatic carbocycles. The van der Waals surface area contributed by atoms with Crippen molar-refractivity contribution in [2.45, 2.75) is 51.5 Å². The zero-order valence-electron chi connectivity index (χ0n) is 14.7. The van der Waals surface area contributed by atoms with E-state index in [0.717, 1.165) is 24.8 Å². The minimum atomic E-state index is -1.06. The number of fused-ring (bicyclic) bond motifs is 1. The fourth-order valence-electron chi connectivity index (χ4n) is 3.26. The average molecular weight is 346 g/mol. The van der Waals surface area contributed by atoms with Crippen LogP contribution in [0.25, 0.3) is 0 Å². The summed E-state index contributed by atoms with van der Waals surface area (Å²) in [5, 5.41) is 14.3. The number of nitrogens with one attached hydrogen (secondary N) is 2.